The standard InChI is InChI=1S/C11H14BrFN2O3S/c1-15(10-5-14-6-11(10)16)19(17,18)7-2-3-8(12)9(13)4-7/h2-4,10-11,14,16H,5-6H2,1H3/t10-,11-/m0/s1. The van der Waals surface area contributed by atoms with E-state index in [0.717, 1.165) is 10.4 Å². The van der Waals surface area contributed by atoms with Crippen LogP contribution in [0.5, 0.6) is 0 Å². The van der Waals surface area contributed by atoms with Gasteiger partial charge in [0, 0.05) is 20.1 Å². The zero-order chi connectivity index (χ0) is 14.2. The minimum Gasteiger partial charge on any atom is -0.390 e. The van der Waals surface area contributed by atoms with Gasteiger partial charge in [0.05, 0.1) is 21.5 Å². The van der Waals surface area contributed by atoms with Crippen LogP contribution in [-0.4, -0.2) is 50.1 Å². The predicted molar refractivity (Wildman–Crippen MR) is 71.7 cm³/mol. The van der Waals surface area contributed by atoms with Crippen molar-refractivity contribution in [3.63, 3.8) is 0 Å². The molecule has 1 aromatic carbocycles. The molecule has 1 saturated heterocycles. The molecule has 0 spiro atoms. The van der Waals surface area contributed by atoms with Crippen LogP contribution in [0.4, 0.5) is 4.39 Å². The summed E-state index contributed by atoms with van der Waals surface area (Å²) in [5.74, 6) is -0.639. The number of benzene rings is 1. The Hall–Kier alpha value is -0.540. The summed E-state index contributed by atoms with van der Waals surface area (Å²) in [5.41, 5.74) is 0. The molecular weight excluding hydrogens is 339 g/mol. The van der Waals surface area contributed by atoms with Crippen molar-refractivity contribution in [2.75, 3.05) is 20.1 Å². The van der Waals surface area contributed by atoms with E-state index in [0.29, 0.717) is 13.1 Å². The molecule has 106 valence electrons. The number of nitrogens with one attached hydrogen (secondary N) is 1. The van der Waals surface area contributed by atoms with Crippen molar-refractivity contribution >= 4 is 26.0 Å². The van der Waals surface area contributed by atoms with E-state index < -0.39 is 28.0 Å². The average molecular weight is 353 g/mol. The SMILES string of the molecule is CN([C@H]1CNC[C@@H]1O)S(=O)(=O)c1ccc(Br)c(F)c1. The Kier molecular flexibility index (Phi) is 4.26. The monoisotopic (exact) mass is 352 g/mol. The molecule has 1 aliphatic rings. The van der Waals surface area contributed by atoms with Crippen LogP contribution in [0.3, 0.4) is 0 Å². The maximum absolute atomic E-state index is 13.4. The Labute approximate surface area is 119 Å². The topological polar surface area (TPSA) is 69.6 Å². The molecule has 0 amide bonds. The van der Waals surface area contributed by atoms with E-state index in [9.17, 15) is 17.9 Å². The highest BCUT2D eigenvalue weighted by atomic mass is 79.9. The van der Waals surface area contributed by atoms with Gasteiger partial charge in [-0.2, -0.15) is 4.31 Å². The van der Waals surface area contributed by atoms with Gasteiger partial charge in [-0.1, -0.05) is 0 Å². The lowest BCUT2D eigenvalue weighted by Gasteiger charge is -2.25. The minimum absolute atomic E-state index is 0.130. The number of β-amino-alcohol motifs (C(OH)–C–C–N with tert-alkyl or cyclic N) is 1. The lowest BCUT2D eigenvalue weighted by molar-refractivity contribution is 0.136. The molecule has 1 aliphatic heterocycles. The van der Waals surface area contributed by atoms with E-state index >= 15 is 0 Å². The third kappa shape index (κ3) is 2.82. The van der Waals surface area contributed by atoms with E-state index in [1.165, 1.54) is 19.2 Å². The second-order valence-corrected chi connectivity index (χ2v) is 7.24. The van der Waals surface area contributed by atoms with Crippen LogP contribution >= 0.6 is 15.9 Å². The summed E-state index contributed by atoms with van der Waals surface area (Å²) in [6, 6.07) is 3.09. The molecule has 2 rings (SSSR count). The maximum Gasteiger partial charge on any atom is 0.243 e. The van der Waals surface area contributed by atoms with Gasteiger partial charge in [0.25, 0.3) is 0 Å². The van der Waals surface area contributed by atoms with Crippen LogP contribution in [0.25, 0.3) is 0 Å². The molecule has 1 aromatic rings. The molecule has 2 N–H and O–H groups in total. The first-order valence-corrected chi connectivity index (χ1v) is 7.89. The second kappa shape index (κ2) is 5.45. The fraction of sp³-hybridized carbons (Fsp3) is 0.455. The number of hydrogen-bond acceptors (Lipinski definition) is 4. The van der Waals surface area contributed by atoms with Crippen LogP contribution < -0.4 is 5.32 Å². The summed E-state index contributed by atoms with van der Waals surface area (Å²) in [6.45, 7) is 0.717. The summed E-state index contributed by atoms with van der Waals surface area (Å²) >= 11 is 2.98. The quantitative estimate of drug-likeness (QED) is 0.833. The molecular formula is C11H14BrFN2O3S. The van der Waals surface area contributed by atoms with Gasteiger partial charge >= 0.3 is 0 Å². The summed E-state index contributed by atoms with van der Waals surface area (Å²) in [5, 5.41) is 12.6. The molecule has 5 nitrogen and oxygen atoms in total. The Balaban J connectivity index is 2.33. The zero-order valence-electron chi connectivity index (χ0n) is 10.2. The van der Waals surface area contributed by atoms with Gasteiger partial charge < -0.3 is 10.4 Å². The number of likely N-dealkylation sites (N-methyl/N-ethyl adjacent to an activating group) is 1. The van der Waals surface area contributed by atoms with Crippen LogP contribution in [0, 0.1) is 5.82 Å². The van der Waals surface area contributed by atoms with E-state index in [2.05, 4.69) is 21.2 Å². The van der Waals surface area contributed by atoms with Gasteiger partial charge in [0.2, 0.25) is 10.0 Å². The molecule has 2 atom stereocenters. The molecule has 19 heavy (non-hydrogen) atoms. The fourth-order valence-electron chi connectivity index (χ4n) is 2.00. The van der Waals surface area contributed by atoms with E-state index in [1.54, 1.807) is 0 Å². The molecule has 0 aromatic heterocycles. The van der Waals surface area contributed by atoms with Gasteiger partial charge in [-0.05, 0) is 34.1 Å². The van der Waals surface area contributed by atoms with Crippen LogP contribution in [0.1, 0.15) is 0 Å². The van der Waals surface area contributed by atoms with Gasteiger partial charge in [-0.3, -0.25) is 0 Å². The van der Waals surface area contributed by atoms with Crippen LogP contribution in [0.15, 0.2) is 27.6 Å². The van der Waals surface area contributed by atoms with Gasteiger partial charge in [0.15, 0.2) is 0 Å². The first kappa shape index (κ1) is 14.9. The van der Waals surface area contributed by atoms with Crippen molar-refractivity contribution in [2.45, 2.75) is 17.0 Å². The smallest absolute Gasteiger partial charge is 0.243 e. The van der Waals surface area contributed by atoms with Crippen molar-refractivity contribution in [1.82, 2.24) is 9.62 Å². The van der Waals surface area contributed by atoms with Crippen molar-refractivity contribution in [1.29, 1.82) is 0 Å². The molecule has 0 unspecified atom stereocenters. The van der Waals surface area contributed by atoms with Crippen molar-refractivity contribution in [3.05, 3.63) is 28.5 Å². The number of aliphatic hydroxyl groups excluding tert-OH is 1. The number of hydrogen-bond donors (Lipinski definition) is 2. The summed E-state index contributed by atoms with van der Waals surface area (Å²) in [7, 11) is -2.44. The lowest BCUT2D eigenvalue weighted by Crippen LogP contribution is -2.44. The third-order valence-corrected chi connectivity index (χ3v) is 5.71. The highest BCUT2D eigenvalue weighted by Crippen LogP contribution is 2.23. The first-order valence-electron chi connectivity index (χ1n) is 5.66. The van der Waals surface area contributed by atoms with Crippen molar-refractivity contribution in [2.24, 2.45) is 0 Å². The Morgan fingerprint density at radius 1 is 1.47 bits per heavy atom. The molecule has 0 bridgehead atoms. The molecule has 0 aliphatic carbocycles. The van der Waals surface area contributed by atoms with Crippen LogP contribution in [0.2, 0.25) is 0 Å². The summed E-state index contributed by atoms with van der Waals surface area (Å²) < 4.78 is 39.4. The highest BCUT2D eigenvalue weighted by molar-refractivity contribution is 9.10. The zero-order valence-corrected chi connectivity index (χ0v) is 12.6. The number of nitrogens with zero attached hydrogens (tertiary/aromatic N) is 1. The molecule has 1 heterocycles. The second-order valence-electron chi connectivity index (χ2n) is 4.39. The maximum atomic E-state index is 13.4. The largest absolute Gasteiger partial charge is 0.390 e. The molecule has 1 fully saturated rings. The number of rotatable bonds is 3. The molecule has 8 heteroatoms. The normalized spacial score (nSPS) is 24.1. The fourth-order valence-corrected chi connectivity index (χ4v) is 3.65. The van der Waals surface area contributed by atoms with Crippen molar-refractivity contribution < 1.29 is 17.9 Å². The van der Waals surface area contributed by atoms with E-state index in [4.69, 9.17) is 0 Å². The lowest BCUT2D eigenvalue weighted by atomic mass is 10.2. The number of aliphatic hydroxyl groups is 1. The number of halogens is 2. The van der Waals surface area contributed by atoms with Crippen molar-refractivity contribution in [3.8, 4) is 0 Å². The van der Waals surface area contributed by atoms with E-state index in [1.807, 2.05) is 0 Å². The van der Waals surface area contributed by atoms with Crippen LogP contribution in [-0.2, 0) is 10.0 Å². The number of sulfonamides is 1. The van der Waals surface area contributed by atoms with Gasteiger partial charge in [0.1, 0.15) is 5.82 Å². The average Bonchev–Trinajstić information content (AvgIpc) is 2.77. The predicted octanol–water partition coefficient (Wildman–Crippen LogP) is 0.541. The van der Waals surface area contributed by atoms with E-state index in [-0.39, 0.29) is 9.37 Å². The summed E-state index contributed by atoms with van der Waals surface area (Å²) in [4.78, 5) is -0.130. The Morgan fingerprint density at radius 2 is 2.16 bits per heavy atom. The molecule has 0 saturated carbocycles. The minimum atomic E-state index is -3.82. The Bertz CT molecular complexity index is 581. The third-order valence-electron chi connectivity index (χ3n) is 3.19. The first-order chi connectivity index (χ1) is 8.84. The summed E-state index contributed by atoms with van der Waals surface area (Å²) in [6.07, 6.45) is -0.764. The van der Waals surface area contributed by atoms with Gasteiger partial charge in [-0.25, -0.2) is 12.8 Å². The highest BCUT2D eigenvalue weighted by Gasteiger charge is 2.35. The van der Waals surface area contributed by atoms with Gasteiger partial charge in [-0.15, -0.1) is 0 Å². The Morgan fingerprint density at radius 3 is 2.68 bits per heavy atom. The molecule has 0 radical (unpaired) electrons.